The number of ether oxygens (including phenoxy) is 1. The first kappa shape index (κ1) is 23.0. The van der Waals surface area contributed by atoms with Gasteiger partial charge in [0.25, 0.3) is 0 Å². The Morgan fingerprint density at radius 3 is 2.79 bits per heavy atom. The van der Waals surface area contributed by atoms with Crippen molar-refractivity contribution in [3.8, 4) is 11.1 Å². The van der Waals surface area contributed by atoms with Gasteiger partial charge < -0.3 is 10.1 Å². The Labute approximate surface area is 196 Å². The highest BCUT2D eigenvalue weighted by Gasteiger charge is 2.12. The van der Waals surface area contributed by atoms with Crippen LogP contribution in [0.3, 0.4) is 0 Å². The Balaban J connectivity index is 1.42. The summed E-state index contributed by atoms with van der Waals surface area (Å²) < 4.78 is 5.38. The van der Waals surface area contributed by atoms with Gasteiger partial charge in [-0.15, -0.1) is 10.2 Å². The van der Waals surface area contributed by atoms with Crippen LogP contribution in [0.15, 0.2) is 60.1 Å². The molecule has 0 spiro atoms. The second-order valence-electron chi connectivity index (χ2n) is 7.55. The maximum Gasteiger partial charge on any atom is 0.248 e. The van der Waals surface area contributed by atoms with Crippen molar-refractivity contribution < 1.29 is 9.53 Å². The molecule has 0 aliphatic carbocycles. The molecule has 3 heterocycles. The molecule has 1 fully saturated rings. The molecule has 2 aromatic heterocycles. The van der Waals surface area contributed by atoms with Crippen molar-refractivity contribution in [3.05, 3.63) is 82.3 Å². The van der Waals surface area contributed by atoms with Gasteiger partial charge in [-0.3, -0.25) is 14.7 Å². The van der Waals surface area contributed by atoms with E-state index in [1.54, 1.807) is 30.7 Å². The van der Waals surface area contributed by atoms with Crippen molar-refractivity contribution in [1.29, 1.82) is 0 Å². The van der Waals surface area contributed by atoms with Crippen molar-refractivity contribution in [2.24, 2.45) is 5.11 Å². The molecule has 1 aliphatic heterocycles. The summed E-state index contributed by atoms with van der Waals surface area (Å²) in [6.45, 7) is 4.29. The highest BCUT2D eigenvalue weighted by Crippen LogP contribution is 2.26. The summed E-state index contributed by atoms with van der Waals surface area (Å²) in [5.41, 5.74) is 13.1. The fourth-order valence-electron chi connectivity index (χ4n) is 3.58. The quantitative estimate of drug-likeness (QED) is 0.237. The Morgan fingerprint density at radius 1 is 1.18 bits per heavy atom. The number of nitrogens with zero attached hydrogens (tertiary/aromatic N) is 8. The van der Waals surface area contributed by atoms with Crippen molar-refractivity contribution in [3.63, 3.8) is 0 Å². The van der Waals surface area contributed by atoms with Crippen LogP contribution in [0.2, 0.25) is 0 Å². The van der Waals surface area contributed by atoms with Crippen LogP contribution in [-0.4, -0.2) is 57.5 Å². The Morgan fingerprint density at radius 2 is 2.00 bits per heavy atom. The van der Waals surface area contributed by atoms with E-state index in [0.717, 1.165) is 38.4 Å². The molecule has 0 radical (unpaired) electrons. The minimum Gasteiger partial charge on any atom is -0.379 e. The lowest BCUT2D eigenvalue weighted by atomic mass is 10.0. The molecule has 1 saturated heterocycles. The first-order chi connectivity index (χ1) is 16.7. The zero-order chi connectivity index (χ0) is 23.6. The van der Waals surface area contributed by atoms with Crippen molar-refractivity contribution in [2.75, 3.05) is 31.6 Å². The van der Waals surface area contributed by atoms with Gasteiger partial charge in [0.1, 0.15) is 0 Å². The van der Waals surface area contributed by atoms with Gasteiger partial charge in [0.05, 0.1) is 31.6 Å². The number of rotatable bonds is 8. The second kappa shape index (κ2) is 11.6. The fourth-order valence-corrected chi connectivity index (χ4v) is 3.58. The number of azide groups is 1. The Kier molecular flexibility index (Phi) is 7.86. The van der Waals surface area contributed by atoms with E-state index in [0.29, 0.717) is 22.5 Å². The van der Waals surface area contributed by atoms with E-state index in [1.165, 1.54) is 11.6 Å². The SMILES string of the molecule is [N-]=[N+]=NCc1nnncc1-c1ccncc1/C=C/C(=O)Nc1ccc(CN2CCOCC2)cc1. The summed E-state index contributed by atoms with van der Waals surface area (Å²) >= 11 is 0. The standard InChI is InChI=1S/C23H23N9O2/c24-30-26-15-22-21(14-27-31-29-22)20-7-8-25-13-18(20)3-6-23(33)28-19-4-1-17(2-5-19)16-32-9-11-34-12-10-32/h1-8,13-14H,9-12,15-16H2,(H,28,33)/b6-3+. The number of benzene rings is 1. The second-order valence-corrected chi connectivity index (χ2v) is 7.55. The number of nitrogens with one attached hydrogen (secondary N) is 1. The third-order valence-corrected chi connectivity index (χ3v) is 5.29. The lowest BCUT2D eigenvalue weighted by Crippen LogP contribution is -2.35. The van der Waals surface area contributed by atoms with Crippen LogP contribution in [-0.2, 0) is 22.6 Å². The highest BCUT2D eigenvalue weighted by atomic mass is 16.5. The average Bonchev–Trinajstić information content (AvgIpc) is 2.88. The number of anilines is 1. The van der Waals surface area contributed by atoms with Crippen LogP contribution in [0.4, 0.5) is 5.69 Å². The summed E-state index contributed by atoms with van der Waals surface area (Å²) in [5.74, 6) is -0.268. The van der Waals surface area contributed by atoms with Gasteiger partial charge in [-0.2, -0.15) is 0 Å². The number of hydrogen-bond acceptors (Lipinski definition) is 8. The zero-order valence-corrected chi connectivity index (χ0v) is 18.4. The molecule has 34 heavy (non-hydrogen) atoms. The summed E-state index contributed by atoms with van der Waals surface area (Å²) in [4.78, 5) is 21.8. The molecule has 11 nitrogen and oxygen atoms in total. The van der Waals surface area contributed by atoms with Gasteiger partial charge in [-0.25, -0.2) is 0 Å². The minimum atomic E-state index is -0.268. The van der Waals surface area contributed by atoms with Crippen LogP contribution in [0.1, 0.15) is 16.8 Å². The highest BCUT2D eigenvalue weighted by molar-refractivity contribution is 6.02. The predicted molar refractivity (Wildman–Crippen MR) is 126 cm³/mol. The molecule has 0 unspecified atom stereocenters. The molecule has 0 atom stereocenters. The number of carbonyl (C=O) groups is 1. The molecule has 1 aliphatic rings. The summed E-state index contributed by atoms with van der Waals surface area (Å²) in [6.07, 6.45) is 7.92. The zero-order valence-electron chi connectivity index (χ0n) is 18.4. The Hall–Kier alpha value is -4.18. The van der Waals surface area contributed by atoms with E-state index in [-0.39, 0.29) is 12.5 Å². The molecular formula is C23H23N9O2. The van der Waals surface area contributed by atoms with E-state index in [9.17, 15) is 4.79 Å². The van der Waals surface area contributed by atoms with Gasteiger partial charge in [0.15, 0.2) is 0 Å². The molecule has 1 N–H and O–H groups in total. The fraction of sp³-hybridized carbons (Fsp3) is 0.261. The lowest BCUT2D eigenvalue weighted by Gasteiger charge is -2.26. The molecule has 0 bridgehead atoms. The molecule has 1 aromatic carbocycles. The molecule has 11 heteroatoms. The van der Waals surface area contributed by atoms with Crippen LogP contribution < -0.4 is 5.32 Å². The maximum absolute atomic E-state index is 12.5. The average molecular weight is 457 g/mol. The number of pyridine rings is 1. The van der Waals surface area contributed by atoms with E-state index >= 15 is 0 Å². The van der Waals surface area contributed by atoms with E-state index in [2.05, 4.69) is 40.6 Å². The van der Waals surface area contributed by atoms with Crippen molar-refractivity contribution in [1.82, 2.24) is 25.3 Å². The van der Waals surface area contributed by atoms with Gasteiger partial charge >= 0.3 is 0 Å². The normalized spacial score (nSPS) is 14.0. The molecule has 1 amide bonds. The van der Waals surface area contributed by atoms with Gasteiger partial charge in [0, 0.05) is 59.8 Å². The summed E-state index contributed by atoms with van der Waals surface area (Å²) in [6, 6.07) is 9.61. The van der Waals surface area contributed by atoms with Gasteiger partial charge in [0.2, 0.25) is 5.91 Å². The van der Waals surface area contributed by atoms with Crippen LogP contribution in [0.5, 0.6) is 0 Å². The van der Waals surface area contributed by atoms with E-state index < -0.39 is 0 Å². The molecule has 4 rings (SSSR count). The van der Waals surface area contributed by atoms with Crippen LogP contribution in [0, 0.1) is 0 Å². The first-order valence-electron chi connectivity index (χ1n) is 10.7. The molecule has 3 aromatic rings. The number of hydrogen-bond donors (Lipinski definition) is 1. The monoisotopic (exact) mass is 457 g/mol. The third-order valence-electron chi connectivity index (χ3n) is 5.29. The van der Waals surface area contributed by atoms with Crippen molar-refractivity contribution in [2.45, 2.75) is 13.1 Å². The number of carbonyl (C=O) groups excluding carboxylic acids is 1. The molecular weight excluding hydrogens is 434 g/mol. The predicted octanol–water partition coefficient (Wildman–Crippen LogP) is 3.23. The van der Waals surface area contributed by atoms with Crippen LogP contribution in [0.25, 0.3) is 27.6 Å². The van der Waals surface area contributed by atoms with Crippen LogP contribution >= 0.6 is 0 Å². The number of aromatic nitrogens is 4. The third kappa shape index (κ3) is 6.20. The molecule has 172 valence electrons. The topological polar surface area (TPSA) is 142 Å². The summed E-state index contributed by atoms with van der Waals surface area (Å²) in [7, 11) is 0. The Bertz CT molecular complexity index is 1200. The molecule has 0 saturated carbocycles. The number of amides is 1. The van der Waals surface area contributed by atoms with E-state index in [4.69, 9.17) is 10.3 Å². The van der Waals surface area contributed by atoms with Gasteiger partial charge in [-0.05, 0) is 46.1 Å². The smallest absolute Gasteiger partial charge is 0.248 e. The summed E-state index contributed by atoms with van der Waals surface area (Å²) in [5, 5.41) is 17.9. The number of morpholine rings is 1. The first-order valence-corrected chi connectivity index (χ1v) is 10.7. The van der Waals surface area contributed by atoms with Gasteiger partial charge in [-0.1, -0.05) is 17.2 Å². The van der Waals surface area contributed by atoms with Crippen molar-refractivity contribution >= 4 is 17.7 Å². The maximum atomic E-state index is 12.5. The van der Waals surface area contributed by atoms with E-state index in [1.807, 2.05) is 24.3 Å². The minimum absolute atomic E-state index is 0.0366. The largest absolute Gasteiger partial charge is 0.379 e. The lowest BCUT2D eigenvalue weighted by molar-refractivity contribution is -0.111.